The van der Waals surface area contributed by atoms with Crippen molar-refractivity contribution < 1.29 is 14.6 Å². The van der Waals surface area contributed by atoms with E-state index in [2.05, 4.69) is 12.1 Å². The second-order valence-electron chi connectivity index (χ2n) is 4.62. The Labute approximate surface area is 119 Å². The van der Waals surface area contributed by atoms with Crippen LogP contribution in [0.3, 0.4) is 0 Å². The summed E-state index contributed by atoms with van der Waals surface area (Å²) in [7, 11) is 3.32. The number of rotatable bonds is 6. The molecular formula is C17H20O3. The van der Waals surface area contributed by atoms with Crippen LogP contribution in [0.15, 0.2) is 48.5 Å². The summed E-state index contributed by atoms with van der Waals surface area (Å²) in [6, 6.07) is 15.9. The van der Waals surface area contributed by atoms with Crippen LogP contribution in [0.2, 0.25) is 0 Å². The number of aliphatic hydroxyl groups is 1. The van der Waals surface area contributed by atoms with Crippen LogP contribution in [0, 0.1) is 0 Å². The molecule has 0 aliphatic rings. The second-order valence-corrected chi connectivity index (χ2v) is 4.62. The van der Waals surface area contributed by atoms with E-state index >= 15 is 0 Å². The molecule has 2 aromatic rings. The van der Waals surface area contributed by atoms with Crippen molar-refractivity contribution >= 4 is 0 Å². The summed E-state index contributed by atoms with van der Waals surface area (Å²) in [6.45, 7) is 0.138. The van der Waals surface area contributed by atoms with Gasteiger partial charge in [-0.2, -0.15) is 0 Å². The van der Waals surface area contributed by atoms with Gasteiger partial charge in [0.25, 0.3) is 0 Å². The first-order valence-corrected chi connectivity index (χ1v) is 6.67. The van der Waals surface area contributed by atoms with Crippen molar-refractivity contribution in [2.45, 2.75) is 12.3 Å². The van der Waals surface area contributed by atoms with Crippen molar-refractivity contribution in [1.29, 1.82) is 0 Å². The lowest BCUT2D eigenvalue weighted by molar-refractivity contribution is 0.281. The van der Waals surface area contributed by atoms with E-state index in [1.54, 1.807) is 14.2 Å². The maximum absolute atomic E-state index is 9.35. The summed E-state index contributed by atoms with van der Waals surface area (Å²) in [5.41, 5.74) is 2.26. The van der Waals surface area contributed by atoms with Gasteiger partial charge in [-0.25, -0.2) is 0 Å². The van der Waals surface area contributed by atoms with Gasteiger partial charge in [0.05, 0.1) is 14.2 Å². The quantitative estimate of drug-likeness (QED) is 0.877. The highest BCUT2D eigenvalue weighted by molar-refractivity contribution is 5.40. The van der Waals surface area contributed by atoms with E-state index in [1.165, 1.54) is 0 Å². The predicted octanol–water partition coefficient (Wildman–Crippen LogP) is 3.22. The molecule has 0 heterocycles. The summed E-state index contributed by atoms with van der Waals surface area (Å²) >= 11 is 0. The van der Waals surface area contributed by atoms with Crippen LogP contribution in [0.1, 0.15) is 23.5 Å². The Morgan fingerprint density at radius 2 is 1.40 bits per heavy atom. The van der Waals surface area contributed by atoms with Crippen LogP contribution in [0.5, 0.6) is 11.5 Å². The fourth-order valence-corrected chi connectivity index (χ4v) is 2.37. The van der Waals surface area contributed by atoms with Gasteiger partial charge in [0.15, 0.2) is 0 Å². The molecule has 1 N–H and O–H groups in total. The number of hydrogen-bond donors (Lipinski definition) is 1. The van der Waals surface area contributed by atoms with Gasteiger partial charge in [-0.15, -0.1) is 0 Å². The van der Waals surface area contributed by atoms with E-state index in [-0.39, 0.29) is 12.5 Å². The van der Waals surface area contributed by atoms with E-state index in [4.69, 9.17) is 9.47 Å². The molecule has 0 aliphatic heterocycles. The van der Waals surface area contributed by atoms with Crippen LogP contribution in [-0.4, -0.2) is 25.9 Å². The van der Waals surface area contributed by atoms with Gasteiger partial charge >= 0.3 is 0 Å². The highest BCUT2D eigenvalue weighted by atomic mass is 16.5. The van der Waals surface area contributed by atoms with Crippen LogP contribution in [0.4, 0.5) is 0 Å². The topological polar surface area (TPSA) is 38.7 Å². The van der Waals surface area contributed by atoms with Gasteiger partial charge in [-0.05, 0) is 41.8 Å². The Bertz CT molecular complexity index is 504. The Balaban J connectivity index is 2.38. The molecule has 2 aromatic carbocycles. The van der Waals surface area contributed by atoms with Crippen LogP contribution < -0.4 is 9.47 Å². The molecule has 0 fully saturated rings. The number of methoxy groups -OCH3 is 2. The average molecular weight is 272 g/mol. The van der Waals surface area contributed by atoms with Crippen molar-refractivity contribution in [3.63, 3.8) is 0 Å². The standard InChI is InChI=1S/C17H20O3/c1-19-15-7-3-5-13(11-15)17(9-10-18)14-6-4-8-16(12-14)20-2/h3-8,11-12,17-18H,9-10H2,1-2H3. The van der Waals surface area contributed by atoms with Gasteiger partial charge in [0.1, 0.15) is 11.5 Å². The van der Waals surface area contributed by atoms with Crippen molar-refractivity contribution in [3.8, 4) is 11.5 Å². The molecule has 0 atom stereocenters. The minimum Gasteiger partial charge on any atom is -0.497 e. The van der Waals surface area contributed by atoms with Gasteiger partial charge in [-0.3, -0.25) is 0 Å². The second kappa shape index (κ2) is 6.96. The maximum atomic E-state index is 9.35. The third-order valence-corrected chi connectivity index (χ3v) is 3.41. The molecule has 0 radical (unpaired) electrons. The largest absolute Gasteiger partial charge is 0.497 e. The van der Waals surface area contributed by atoms with E-state index in [9.17, 15) is 5.11 Å². The molecule has 0 amide bonds. The molecule has 106 valence electrons. The molecule has 20 heavy (non-hydrogen) atoms. The number of aliphatic hydroxyl groups excluding tert-OH is 1. The van der Waals surface area contributed by atoms with Crippen molar-refractivity contribution in [2.24, 2.45) is 0 Å². The minimum atomic E-state index is 0.130. The molecule has 0 saturated heterocycles. The highest BCUT2D eigenvalue weighted by Crippen LogP contribution is 2.31. The molecule has 2 rings (SSSR count). The first-order chi connectivity index (χ1) is 9.78. The summed E-state index contributed by atoms with van der Waals surface area (Å²) in [5.74, 6) is 1.78. The smallest absolute Gasteiger partial charge is 0.119 e. The molecule has 3 heteroatoms. The Morgan fingerprint density at radius 1 is 0.900 bits per heavy atom. The number of ether oxygens (including phenoxy) is 2. The first-order valence-electron chi connectivity index (χ1n) is 6.67. The lowest BCUT2D eigenvalue weighted by Gasteiger charge is -2.18. The normalized spacial score (nSPS) is 10.6. The van der Waals surface area contributed by atoms with Gasteiger partial charge in [-0.1, -0.05) is 24.3 Å². The molecule has 0 unspecified atom stereocenters. The third-order valence-electron chi connectivity index (χ3n) is 3.41. The fourth-order valence-electron chi connectivity index (χ4n) is 2.37. The molecule has 0 aliphatic carbocycles. The SMILES string of the molecule is COc1cccc(C(CCO)c2cccc(OC)c2)c1. The zero-order chi connectivity index (χ0) is 14.4. The third kappa shape index (κ3) is 3.31. The Morgan fingerprint density at radius 3 is 1.80 bits per heavy atom. The number of benzene rings is 2. The number of hydrogen-bond acceptors (Lipinski definition) is 3. The fraction of sp³-hybridized carbons (Fsp3) is 0.294. The summed E-state index contributed by atoms with van der Waals surface area (Å²) in [5, 5.41) is 9.35. The maximum Gasteiger partial charge on any atom is 0.119 e. The average Bonchev–Trinajstić information content (AvgIpc) is 2.52. The van der Waals surface area contributed by atoms with Crippen LogP contribution in [-0.2, 0) is 0 Å². The zero-order valence-electron chi connectivity index (χ0n) is 11.9. The lowest BCUT2D eigenvalue weighted by atomic mass is 9.88. The first kappa shape index (κ1) is 14.4. The molecule has 0 spiro atoms. The minimum absolute atomic E-state index is 0.130. The summed E-state index contributed by atoms with van der Waals surface area (Å²) < 4.78 is 10.6. The lowest BCUT2D eigenvalue weighted by Crippen LogP contribution is -2.04. The van der Waals surface area contributed by atoms with Gasteiger partial charge < -0.3 is 14.6 Å². The van der Waals surface area contributed by atoms with E-state index in [1.807, 2.05) is 36.4 Å². The summed E-state index contributed by atoms with van der Waals surface area (Å²) in [4.78, 5) is 0. The highest BCUT2D eigenvalue weighted by Gasteiger charge is 2.15. The van der Waals surface area contributed by atoms with Crippen LogP contribution >= 0.6 is 0 Å². The van der Waals surface area contributed by atoms with E-state index in [0.29, 0.717) is 6.42 Å². The Kier molecular flexibility index (Phi) is 5.02. The Hall–Kier alpha value is -2.00. The predicted molar refractivity (Wildman–Crippen MR) is 79.5 cm³/mol. The molecule has 0 bridgehead atoms. The molecular weight excluding hydrogens is 252 g/mol. The molecule has 3 nitrogen and oxygen atoms in total. The van der Waals surface area contributed by atoms with E-state index in [0.717, 1.165) is 22.6 Å². The van der Waals surface area contributed by atoms with Crippen molar-refractivity contribution in [3.05, 3.63) is 59.7 Å². The van der Waals surface area contributed by atoms with Crippen LogP contribution in [0.25, 0.3) is 0 Å². The summed E-state index contributed by atoms with van der Waals surface area (Å²) in [6.07, 6.45) is 0.667. The van der Waals surface area contributed by atoms with Gasteiger partial charge in [0, 0.05) is 12.5 Å². The molecule has 0 aromatic heterocycles. The van der Waals surface area contributed by atoms with Crippen molar-refractivity contribution in [1.82, 2.24) is 0 Å². The van der Waals surface area contributed by atoms with Crippen molar-refractivity contribution in [2.75, 3.05) is 20.8 Å². The molecule has 0 saturated carbocycles. The van der Waals surface area contributed by atoms with Gasteiger partial charge in [0.2, 0.25) is 0 Å². The zero-order valence-corrected chi connectivity index (χ0v) is 11.9. The monoisotopic (exact) mass is 272 g/mol. The van der Waals surface area contributed by atoms with E-state index < -0.39 is 0 Å².